The summed E-state index contributed by atoms with van der Waals surface area (Å²) in [4.78, 5) is 1.68. The zero-order chi connectivity index (χ0) is 16.8. The molecule has 0 bridgehead atoms. The van der Waals surface area contributed by atoms with E-state index < -0.39 is 0 Å². The number of thiophene rings is 1. The molecule has 0 aliphatic rings. The summed E-state index contributed by atoms with van der Waals surface area (Å²) < 4.78 is 0. The highest BCUT2D eigenvalue weighted by Crippen LogP contribution is 2.42. The van der Waals surface area contributed by atoms with Crippen LogP contribution in [0.1, 0.15) is 116 Å². The molecular formula is C22H40S. The summed E-state index contributed by atoms with van der Waals surface area (Å²) in [5, 5.41) is 2.29. The molecule has 0 saturated heterocycles. The van der Waals surface area contributed by atoms with Crippen molar-refractivity contribution in [3.8, 4) is 0 Å². The molecule has 0 atom stereocenters. The highest BCUT2D eigenvalue weighted by Gasteiger charge is 2.31. The molecule has 0 N–H and O–H groups in total. The van der Waals surface area contributed by atoms with Crippen molar-refractivity contribution in [2.75, 3.05) is 0 Å². The molecule has 0 nitrogen and oxygen atoms in total. The van der Waals surface area contributed by atoms with Crippen LogP contribution in [0.15, 0.2) is 17.5 Å². The average molecular weight is 337 g/mol. The van der Waals surface area contributed by atoms with Gasteiger partial charge in [0.1, 0.15) is 0 Å². The zero-order valence-electron chi connectivity index (χ0n) is 16.0. The van der Waals surface area contributed by atoms with Crippen LogP contribution in [-0.4, -0.2) is 0 Å². The molecule has 0 spiro atoms. The summed E-state index contributed by atoms with van der Waals surface area (Å²) in [6, 6.07) is 4.70. The summed E-state index contributed by atoms with van der Waals surface area (Å²) in [6.07, 6.45) is 19.6. The van der Waals surface area contributed by atoms with E-state index in [2.05, 4.69) is 38.3 Å². The number of rotatable bonds is 15. The van der Waals surface area contributed by atoms with Crippen LogP contribution in [0.4, 0.5) is 0 Å². The van der Waals surface area contributed by atoms with Crippen molar-refractivity contribution in [1.82, 2.24) is 0 Å². The van der Waals surface area contributed by atoms with Crippen molar-refractivity contribution >= 4 is 11.3 Å². The van der Waals surface area contributed by atoms with Gasteiger partial charge in [0.25, 0.3) is 0 Å². The van der Waals surface area contributed by atoms with E-state index in [9.17, 15) is 0 Å². The van der Waals surface area contributed by atoms with Crippen molar-refractivity contribution < 1.29 is 0 Å². The molecule has 1 rings (SSSR count). The third kappa shape index (κ3) is 7.88. The Morgan fingerprint density at radius 3 is 1.61 bits per heavy atom. The van der Waals surface area contributed by atoms with Gasteiger partial charge in [-0.2, -0.15) is 0 Å². The van der Waals surface area contributed by atoms with Gasteiger partial charge in [0.15, 0.2) is 0 Å². The number of hydrogen-bond donors (Lipinski definition) is 0. The summed E-state index contributed by atoms with van der Waals surface area (Å²) in [6.45, 7) is 6.96. The second-order valence-electron chi connectivity index (χ2n) is 7.34. The fourth-order valence-electron chi connectivity index (χ4n) is 3.82. The minimum atomic E-state index is 0.491. The molecule has 1 heteroatoms. The van der Waals surface area contributed by atoms with Crippen LogP contribution in [-0.2, 0) is 5.41 Å². The van der Waals surface area contributed by atoms with E-state index in [-0.39, 0.29) is 0 Å². The van der Waals surface area contributed by atoms with Crippen LogP contribution in [0.2, 0.25) is 0 Å². The van der Waals surface area contributed by atoms with Gasteiger partial charge in [-0.25, -0.2) is 0 Å². The maximum absolute atomic E-state index is 2.43. The van der Waals surface area contributed by atoms with Crippen LogP contribution >= 0.6 is 11.3 Å². The largest absolute Gasteiger partial charge is 0.148 e. The van der Waals surface area contributed by atoms with Gasteiger partial charge in [-0.3, -0.25) is 0 Å². The van der Waals surface area contributed by atoms with E-state index in [0.717, 1.165) is 0 Å². The molecule has 0 unspecified atom stereocenters. The van der Waals surface area contributed by atoms with E-state index in [1.807, 2.05) is 11.3 Å². The van der Waals surface area contributed by atoms with Gasteiger partial charge in [0, 0.05) is 10.3 Å². The summed E-state index contributed by atoms with van der Waals surface area (Å²) >= 11 is 2.02. The van der Waals surface area contributed by atoms with Gasteiger partial charge in [-0.15, -0.1) is 11.3 Å². The first-order chi connectivity index (χ1) is 11.3. The van der Waals surface area contributed by atoms with E-state index >= 15 is 0 Å². The lowest BCUT2D eigenvalue weighted by Gasteiger charge is -2.34. The minimum Gasteiger partial charge on any atom is -0.148 e. The monoisotopic (exact) mass is 336 g/mol. The number of unbranched alkanes of at least 4 members (excludes halogenated alkanes) is 8. The molecule has 0 fully saturated rings. The van der Waals surface area contributed by atoms with Gasteiger partial charge >= 0.3 is 0 Å². The lowest BCUT2D eigenvalue weighted by molar-refractivity contribution is 0.307. The maximum Gasteiger partial charge on any atom is 0.0107 e. The Bertz CT molecular complexity index is 340. The third-order valence-corrected chi connectivity index (χ3v) is 6.44. The SMILES string of the molecule is CCCCCCC(CCCCC)(CCCCCC)c1cccs1. The van der Waals surface area contributed by atoms with Crippen molar-refractivity contribution in [3.63, 3.8) is 0 Å². The summed E-state index contributed by atoms with van der Waals surface area (Å²) in [5.41, 5.74) is 0.491. The van der Waals surface area contributed by atoms with Crippen molar-refractivity contribution in [3.05, 3.63) is 22.4 Å². The normalized spacial score (nSPS) is 12.0. The van der Waals surface area contributed by atoms with Gasteiger partial charge < -0.3 is 0 Å². The molecule has 0 aromatic carbocycles. The second kappa shape index (κ2) is 13.0. The average Bonchev–Trinajstić information content (AvgIpc) is 3.10. The van der Waals surface area contributed by atoms with Gasteiger partial charge in [-0.05, 0) is 30.7 Å². The van der Waals surface area contributed by atoms with Crippen LogP contribution in [0.3, 0.4) is 0 Å². The van der Waals surface area contributed by atoms with E-state index in [0.29, 0.717) is 5.41 Å². The topological polar surface area (TPSA) is 0 Å². The Hall–Kier alpha value is -0.300. The van der Waals surface area contributed by atoms with E-state index in [1.54, 1.807) is 4.88 Å². The Balaban J connectivity index is 2.73. The molecule has 0 aliphatic carbocycles. The molecule has 134 valence electrons. The second-order valence-corrected chi connectivity index (χ2v) is 8.28. The summed E-state index contributed by atoms with van der Waals surface area (Å²) in [7, 11) is 0. The van der Waals surface area contributed by atoms with Gasteiger partial charge in [0.05, 0.1) is 0 Å². The highest BCUT2D eigenvalue weighted by atomic mass is 32.1. The fourth-order valence-corrected chi connectivity index (χ4v) is 4.84. The Morgan fingerprint density at radius 2 is 1.17 bits per heavy atom. The van der Waals surface area contributed by atoms with E-state index in [1.165, 1.54) is 89.9 Å². The minimum absolute atomic E-state index is 0.491. The first-order valence-corrected chi connectivity index (χ1v) is 11.2. The van der Waals surface area contributed by atoms with Crippen LogP contribution in [0, 0.1) is 0 Å². The molecule has 0 amide bonds. The molecule has 0 radical (unpaired) electrons. The molecule has 0 saturated carbocycles. The predicted octanol–water partition coefficient (Wildman–Crippen LogP) is 8.51. The highest BCUT2D eigenvalue weighted by molar-refractivity contribution is 7.10. The lowest BCUT2D eigenvalue weighted by Crippen LogP contribution is -2.25. The predicted molar refractivity (Wildman–Crippen MR) is 108 cm³/mol. The van der Waals surface area contributed by atoms with Crippen molar-refractivity contribution in [2.45, 2.75) is 116 Å². The Kier molecular flexibility index (Phi) is 11.8. The summed E-state index contributed by atoms with van der Waals surface area (Å²) in [5.74, 6) is 0. The molecule has 1 aromatic rings. The molecular weight excluding hydrogens is 296 g/mol. The molecule has 1 aromatic heterocycles. The quantitative estimate of drug-likeness (QED) is 0.281. The molecule has 0 aliphatic heterocycles. The molecule has 23 heavy (non-hydrogen) atoms. The van der Waals surface area contributed by atoms with Crippen LogP contribution in [0.5, 0.6) is 0 Å². The molecule has 1 heterocycles. The van der Waals surface area contributed by atoms with Crippen LogP contribution in [0.25, 0.3) is 0 Å². The fraction of sp³-hybridized carbons (Fsp3) is 0.818. The first-order valence-electron chi connectivity index (χ1n) is 10.3. The maximum atomic E-state index is 2.43. The van der Waals surface area contributed by atoms with Crippen molar-refractivity contribution in [2.24, 2.45) is 0 Å². The van der Waals surface area contributed by atoms with Gasteiger partial charge in [-0.1, -0.05) is 97.5 Å². The van der Waals surface area contributed by atoms with Crippen LogP contribution < -0.4 is 0 Å². The zero-order valence-corrected chi connectivity index (χ0v) is 16.9. The Labute approximate surface area is 150 Å². The first kappa shape index (κ1) is 20.7. The third-order valence-electron chi connectivity index (χ3n) is 5.32. The number of hydrogen-bond acceptors (Lipinski definition) is 1. The smallest absolute Gasteiger partial charge is 0.0107 e. The van der Waals surface area contributed by atoms with E-state index in [4.69, 9.17) is 0 Å². The Morgan fingerprint density at radius 1 is 0.696 bits per heavy atom. The standard InChI is InChI=1S/C22H40S/c1-4-7-10-13-18-22(17-12-9-6-3,19-14-11-8-5-2)21-16-15-20-23-21/h15-16,20H,4-14,17-19H2,1-3H3. The lowest BCUT2D eigenvalue weighted by atomic mass is 9.73. The van der Waals surface area contributed by atoms with Gasteiger partial charge in [0.2, 0.25) is 0 Å². The van der Waals surface area contributed by atoms with Crippen molar-refractivity contribution in [1.29, 1.82) is 0 Å².